The highest BCUT2D eigenvalue weighted by Crippen LogP contribution is 2.42. The topological polar surface area (TPSA) is 54.4 Å². The molecule has 0 heterocycles. The molecule has 0 atom stereocenters. The zero-order valence-corrected chi connectivity index (χ0v) is 18.6. The molecule has 0 bridgehead atoms. The SMILES string of the molecule is O=S(=O)(O)c1c(I)c2ccc3cc(I)cc4ccc(c1I)c2c34. The van der Waals surface area contributed by atoms with E-state index in [1.165, 1.54) is 0 Å². The molecular formula is C16H7I3O3S. The maximum atomic E-state index is 11.8. The molecule has 0 aliphatic rings. The molecule has 0 fully saturated rings. The maximum Gasteiger partial charge on any atom is 0.296 e. The van der Waals surface area contributed by atoms with Crippen LogP contribution in [0.15, 0.2) is 41.3 Å². The molecule has 0 aliphatic carbocycles. The number of hydrogen-bond donors (Lipinski definition) is 1. The summed E-state index contributed by atoms with van der Waals surface area (Å²) in [5, 5.41) is 6.17. The lowest BCUT2D eigenvalue weighted by Crippen LogP contribution is -2.05. The fraction of sp³-hybridized carbons (Fsp3) is 0. The van der Waals surface area contributed by atoms with Gasteiger partial charge in [-0.1, -0.05) is 24.3 Å². The number of halogens is 3. The monoisotopic (exact) mass is 660 g/mol. The van der Waals surface area contributed by atoms with Crippen molar-refractivity contribution in [2.24, 2.45) is 0 Å². The van der Waals surface area contributed by atoms with Crippen LogP contribution in [0, 0.1) is 10.7 Å². The number of benzene rings is 4. The van der Waals surface area contributed by atoms with Gasteiger partial charge < -0.3 is 0 Å². The summed E-state index contributed by atoms with van der Waals surface area (Å²) in [7, 11) is -4.28. The summed E-state index contributed by atoms with van der Waals surface area (Å²) in [5.41, 5.74) is 0. The first-order valence-electron chi connectivity index (χ1n) is 6.51. The Hall–Kier alpha value is 0.0200. The summed E-state index contributed by atoms with van der Waals surface area (Å²) < 4.78 is 35.6. The molecule has 0 saturated carbocycles. The van der Waals surface area contributed by atoms with Gasteiger partial charge in [0.2, 0.25) is 0 Å². The first-order valence-corrected chi connectivity index (χ1v) is 11.2. The zero-order valence-electron chi connectivity index (χ0n) is 11.3. The summed E-state index contributed by atoms with van der Waals surface area (Å²) in [4.78, 5) is -0.000776. The smallest absolute Gasteiger partial charge is 0.282 e. The fourth-order valence-corrected chi connectivity index (χ4v) is 8.03. The second kappa shape index (κ2) is 5.51. The van der Waals surface area contributed by atoms with Gasteiger partial charge in [-0.25, -0.2) is 0 Å². The van der Waals surface area contributed by atoms with Gasteiger partial charge in [-0.2, -0.15) is 8.42 Å². The van der Waals surface area contributed by atoms with Crippen molar-refractivity contribution in [1.82, 2.24) is 0 Å². The van der Waals surface area contributed by atoms with Crippen molar-refractivity contribution in [1.29, 1.82) is 0 Å². The molecule has 0 aromatic heterocycles. The minimum Gasteiger partial charge on any atom is -0.282 e. The van der Waals surface area contributed by atoms with Crippen LogP contribution in [0.25, 0.3) is 32.3 Å². The molecular weight excluding hydrogens is 653 g/mol. The lowest BCUT2D eigenvalue weighted by atomic mass is 9.94. The van der Waals surface area contributed by atoms with Crippen molar-refractivity contribution in [2.75, 3.05) is 0 Å². The minimum absolute atomic E-state index is 0.000776. The van der Waals surface area contributed by atoms with E-state index in [0.29, 0.717) is 7.14 Å². The molecule has 23 heavy (non-hydrogen) atoms. The summed E-state index contributed by atoms with van der Waals surface area (Å²) in [6.07, 6.45) is 0. The molecule has 0 unspecified atom stereocenters. The first-order chi connectivity index (χ1) is 10.8. The minimum atomic E-state index is -4.28. The van der Waals surface area contributed by atoms with Gasteiger partial charge in [0.1, 0.15) is 4.90 Å². The van der Waals surface area contributed by atoms with Crippen LogP contribution in [0.4, 0.5) is 0 Å². The summed E-state index contributed by atoms with van der Waals surface area (Å²) in [5.74, 6) is 0. The van der Waals surface area contributed by atoms with Gasteiger partial charge in [0.25, 0.3) is 10.1 Å². The molecule has 0 aliphatic heterocycles. The van der Waals surface area contributed by atoms with Gasteiger partial charge in [-0.15, -0.1) is 0 Å². The fourth-order valence-electron chi connectivity index (χ4n) is 3.06. The van der Waals surface area contributed by atoms with Crippen molar-refractivity contribution in [3.05, 3.63) is 47.1 Å². The number of hydrogen-bond acceptors (Lipinski definition) is 2. The Morgan fingerprint density at radius 2 is 1.26 bits per heavy atom. The molecule has 7 heteroatoms. The van der Waals surface area contributed by atoms with Gasteiger partial charge in [0, 0.05) is 10.7 Å². The second-order valence-corrected chi connectivity index (χ2v) is 10.0. The van der Waals surface area contributed by atoms with Gasteiger partial charge in [-0.3, -0.25) is 4.55 Å². The Bertz CT molecular complexity index is 1140. The van der Waals surface area contributed by atoms with Crippen LogP contribution in [-0.4, -0.2) is 13.0 Å². The molecule has 4 aromatic carbocycles. The van der Waals surface area contributed by atoms with E-state index in [1.54, 1.807) is 0 Å². The lowest BCUT2D eigenvalue weighted by molar-refractivity contribution is 0.482. The van der Waals surface area contributed by atoms with E-state index in [-0.39, 0.29) is 4.90 Å². The third-order valence-electron chi connectivity index (χ3n) is 3.94. The average Bonchev–Trinajstić information content (AvgIpc) is 2.45. The summed E-state index contributed by atoms with van der Waals surface area (Å²) in [6.45, 7) is 0. The number of rotatable bonds is 1. The predicted molar refractivity (Wildman–Crippen MR) is 118 cm³/mol. The van der Waals surface area contributed by atoms with Gasteiger partial charge in [0.15, 0.2) is 0 Å². The highest BCUT2D eigenvalue weighted by Gasteiger charge is 2.24. The van der Waals surface area contributed by atoms with Crippen molar-refractivity contribution < 1.29 is 13.0 Å². The molecule has 4 rings (SSSR count). The highest BCUT2D eigenvalue weighted by molar-refractivity contribution is 14.1. The Morgan fingerprint density at radius 3 is 1.70 bits per heavy atom. The second-order valence-electron chi connectivity index (χ2n) is 5.26. The molecule has 0 radical (unpaired) electrons. The third kappa shape index (κ3) is 2.45. The van der Waals surface area contributed by atoms with E-state index in [1.807, 2.05) is 69.4 Å². The normalized spacial score (nSPS) is 12.7. The molecule has 0 saturated heterocycles. The van der Waals surface area contributed by atoms with E-state index in [4.69, 9.17) is 0 Å². The Balaban J connectivity index is 2.39. The molecule has 3 nitrogen and oxygen atoms in total. The molecule has 4 aromatic rings. The Morgan fingerprint density at radius 1 is 0.783 bits per heavy atom. The zero-order chi connectivity index (χ0) is 16.5. The largest absolute Gasteiger partial charge is 0.296 e. The quantitative estimate of drug-likeness (QED) is 0.164. The van der Waals surface area contributed by atoms with Crippen LogP contribution in [0.2, 0.25) is 0 Å². The van der Waals surface area contributed by atoms with Crippen molar-refractivity contribution in [3.63, 3.8) is 0 Å². The molecule has 116 valence electrons. The maximum absolute atomic E-state index is 11.8. The average molecular weight is 660 g/mol. The summed E-state index contributed by atoms with van der Waals surface area (Å²) >= 11 is 6.32. The van der Waals surface area contributed by atoms with E-state index in [2.05, 4.69) is 34.7 Å². The van der Waals surface area contributed by atoms with Crippen LogP contribution in [0.1, 0.15) is 0 Å². The first kappa shape index (κ1) is 16.5. The van der Waals surface area contributed by atoms with Crippen LogP contribution in [0.3, 0.4) is 0 Å². The van der Waals surface area contributed by atoms with Crippen LogP contribution in [0.5, 0.6) is 0 Å². The van der Waals surface area contributed by atoms with E-state index in [9.17, 15) is 13.0 Å². The van der Waals surface area contributed by atoms with E-state index in [0.717, 1.165) is 35.9 Å². The third-order valence-corrected chi connectivity index (χ3v) is 8.46. The molecule has 0 spiro atoms. The summed E-state index contributed by atoms with van der Waals surface area (Å²) in [6, 6.07) is 12.1. The van der Waals surface area contributed by atoms with Crippen LogP contribution in [-0.2, 0) is 10.1 Å². The Labute approximate surface area is 173 Å². The predicted octanol–water partition coefficient (Wildman–Crippen LogP) is 5.64. The molecule has 0 amide bonds. The van der Waals surface area contributed by atoms with Gasteiger partial charge in [-0.05, 0) is 112 Å². The van der Waals surface area contributed by atoms with Crippen LogP contribution < -0.4 is 0 Å². The van der Waals surface area contributed by atoms with E-state index < -0.39 is 10.1 Å². The van der Waals surface area contributed by atoms with Crippen molar-refractivity contribution in [2.45, 2.75) is 4.90 Å². The van der Waals surface area contributed by atoms with E-state index >= 15 is 0 Å². The Kier molecular flexibility index (Phi) is 3.95. The van der Waals surface area contributed by atoms with Crippen molar-refractivity contribution in [3.8, 4) is 0 Å². The lowest BCUT2D eigenvalue weighted by Gasteiger charge is -2.16. The highest BCUT2D eigenvalue weighted by atomic mass is 127. The molecule has 1 N–H and O–H groups in total. The van der Waals surface area contributed by atoms with Gasteiger partial charge in [0.05, 0.1) is 0 Å². The van der Waals surface area contributed by atoms with Crippen molar-refractivity contribution >= 4 is 110 Å². The van der Waals surface area contributed by atoms with Gasteiger partial charge >= 0.3 is 0 Å². The van der Waals surface area contributed by atoms with Crippen LogP contribution >= 0.6 is 67.8 Å². The standard InChI is InChI=1S/C16H7I3O3S/c17-9-5-7-1-3-10-13-11(4-2-8(6-9)12(7)13)15(19)16(14(10)18)23(20,21)22/h1-6H,(H,20,21,22).